The minimum absolute atomic E-state index is 0.203. The van der Waals surface area contributed by atoms with Crippen LogP contribution < -0.4 is 0 Å². The van der Waals surface area contributed by atoms with Gasteiger partial charge in [-0.1, -0.05) is 24.0 Å². The van der Waals surface area contributed by atoms with Crippen molar-refractivity contribution in [2.45, 2.75) is 6.61 Å². The van der Waals surface area contributed by atoms with Crippen LogP contribution in [0.15, 0.2) is 60.9 Å². The summed E-state index contributed by atoms with van der Waals surface area (Å²) in [5.74, 6) is 3.58. The highest BCUT2D eigenvalue weighted by Gasteiger charge is 2.12. The number of aromatic nitrogens is 2. The van der Waals surface area contributed by atoms with Gasteiger partial charge in [0, 0.05) is 36.2 Å². The Morgan fingerprint density at radius 1 is 0.833 bits per heavy atom. The van der Waals surface area contributed by atoms with E-state index < -0.39 is 11.6 Å². The van der Waals surface area contributed by atoms with Crippen LogP contribution in [-0.2, 0) is 11.3 Å². The molecule has 0 N–H and O–H groups in total. The molecular weight excluding hydrogens is 389 g/mol. The maximum absolute atomic E-state index is 14.5. The maximum Gasteiger partial charge on any atom is 0.159 e. The Morgan fingerprint density at radius 3 is 2.20 bits per heavy atom. The van der Waals surface area contributed by atoms with Gasteiger partial charge in [0.05, 0.1) is 12.2 Å². The van der Waals surface area contributed by atoms with Gasteiger partial charge < -0.3 is 4.74 Å². The van der Waals surface area contributed by atoms with Crippen molar-refractivity contribution in [3.8, 4) is 23.2 Å². The molecule has 6 heteroatoms. The first-order valence-corrected chi connectivity index (χ1v) is 9.04. The Bertz CT molecular complexity index is 1270. The van der Waals surface area contributed by atoms with Gasteiger partial charge in [0.25, 0.3) is 0 Å². The Morgan fingerprint density at radius 2 is 1.50 bits per heavy atom. The molecule has 30 heavy (non-hydrogen) atoms. The molecule has 0 aliphatic heterocycles. The van der Waals surface area contributed by atoms with Crippen LogP contribution in [0.1, 0.15) is 16.7 Å². The first kappa shape index (κ1) is 19.6. The van der Waals surface area contributed by atoms with Crippen molar-refractivity contribution in [3.63, 3.8) is 0 Å². The molecule has 0 saturated heterocycles. The fraction of sp³-hybridized carbons (Fsp3) is 0.0833. The van der Waals surface area contributed by atoms with Crippen LogP contribution in [0.2, 0.25) is 0 Å². The summed E-state index contributed by atoms with van der Waals surface area (Å²) in [6.45, 7) is 0.348. The lowest BCUT2D eigenvalue weighted by atomic mass is 10.1. The quantitative estimate of drug-likeness (QED) is 0.437. The molecule has 3 aromatic carbocycles. The molecule has 0 bridgehead atoms. The summed E-state index contributed by atoms with van der Waals surface area (Å²) in [6.07, 6.45) is 3.09. The van der Waals surface area contributed by atoms with E-state index >= 15 is 0 Å². The van der Waals surface area contributed by atoms with Crippen molar-refractivity contribution in [2.24, 2.45) is 0 Å². The van der Waals surface area contributed by atoms with E-state index in [1.807, 2.05) is 0 Å². The van der Waals surface area contributed by atoms with Gasteiger partial charge in [-0.25, -0.2) is 23.1 Å². The minimum atomic E-state index is -0.801. The van der Waals surface area contributed by atoms with Gasteiger partial charge >= 0.3 is 0 Å². The Labute approximate surface area is 171 Å². The number of hydrogen-bond donors (Lipinski definition) is 0. The molecule has 0 saturated carbocycles. The second kappa shape index (κ2) is 8.36. The van der Waals surface area contributed by atoms with Gasteiger partial charge in [-0.05, 0) is 47.2 Å². The molecule has 148 valence electrons. The summed E-state index contributed by atoms with van der Waals surface area (Å²) in [5.41, 5.74) is 1.19. The molecule has 4 aromatic rings. The fourth-order valence-corrected chi connectivity index (χ4v) is 3.00. The van der Waals surface area contributed by atoms with Crippen LogP contribution in [0.5, 0.6) is 0 Å². The number of fused-ring (bicyclic) bond motifs is 1. The molecule has 0 amide bonds. The van der Waals surface area contributed by atoms with E-state index in [0.29, 0.717) is 12.2 Å². The standard InChI is InChI=1S/C24H15F3N2O/c1-30-14-16-12-28-24(29-13-16)19-10-22(26)21(23(27)11-19)7-3-15-2-4-18-9-20(25)6-5-17(18)8-15/h2,4-6,8-13H,14H2,1H3. The molecule has 0 radical (unpaired) electrons. The van der Waals surface area contributed by atoms with E-state index in [2.05, 4.69) is 21.8 Å². The van der Waals surface area contributed by atoms with Gasteiger partial charge in [-0.15, -0.1) is 0 Å². The number of methoxy groups -OCH3 is 1. The molecule has 3 nitrogen and oxygen atoms in total. The number of hydrogen-bond acceptors (Lipinski definition) is 3. The fourth-order valence-electron chi connectivity index (χ4n) is 3.00. The molecule has 0 unspecified atom stereocenters. The zero-order valence-corrected chi connectivity index (χ0v) is 15.9. The van der Waals surface area contributed by atoms with Gasteiger partial charge in [-0.3, -0.25) is 0 Å². The average molecular weight is 404 g/mol. The third-order valence-corrected chi connectivity index (χ3v) is 4.45. The minimum Gasteiger partial charge on any atom is -0.380 e. The first-order chi connectivity index (χ1) is 14.5. The number of benzene rings is 3. The smallest absolute Gasteiger partial charge is 0.159 e. The molecule has 1 aromatic heterocycles. The summed E-state index contributed by atoms with van der Waals surface area (Å²) in [6, 6.07) is 11.8. The van der Waals surface area contributed by atoms with E-state index in [4.69, 9.17) is 4.74 Å². The van der Waals surface area contributed by atoms with Crippen molar-refractivity contribution >= 4 is 10.8 Å². The molecule has 0 fully saturated rings. The lowest BCUT2D eigenvalue weighted by Gasteiger charge is -2.05. The normalized spacial score (nSPS) is 10.7. The Balaban J connectivity index is 1.64. The predicted molar refractivity (Wildman–Crippen MR) is 108 cm³/mol. The van der Waals surface area contributed by atoms with Crippen LogP contribution in [0, 0.1) is 29.3 Å². The van der Waals surface area contributed by atoms with Gasteiger partial charge in [0.1, 0.15) is 17.5 Å². The van der Waals surface area contributed by atoms with Crippen molar-refractivity contribution in [1.29, 1.82) is 0 Å². The summed E-state index contributed by atoms with van der Waals surface area (Å²) in [7, 11) is 1.55. The lowest BCUT2D eigenvalue weighted by Crippen LogP contribution is -1.97. The summed E-state index contributed by atoms with van der Waals surface area (Å²) in [5, 5.41) is 1.51. The van der Waals surface area contributed by atoms with Crippen molar-refractivity contribution in [3.05, 3.63) is 95.1 Å². The highest BCUT2D eigenvalue weighted by Crippen LogP contribution is 2.22. The summed E-state index contributed by atoms with van der Waals surface area (Å²) in [4.78, 5) is 8.24. The zero-order chi connectivity index (χ0) is 21.1. The summed E-state index contributed by atoms with van der Waals surface area (Å²) >= 11 is 0. The molecule has 0 aliphatic carbocycles. The highest BCUT2D eigenvalue weighted by molar-refractivity contribution is 5.84. The first-order valence-electron chi connectivity index (χ1n) is 9.04. The topological polar surface area (TPSA) is 35.0 Å². The number of ether oxygens (including phenoxy) is 1. The number of rotatable bonds is 3. The molecule has 4 rings (SSSR count). The molecule has 0 atom stereocenters. The van der Waals surface area contributed by atoms with Crippen molar-refractivity contribution in [2.75, 3.05) is 7.11 Å². The van der Waals surface area contributed by atoms with E-state index in [1.54, 1.807) is 43.8 Å². The average Bonchev–Trinajstić information content (AvgIpc) is 2.74. The maximum atomic E-state index is 14.5. The second-order valence-corrected chi connectivity index (χ2v) is 6.62. The lowest BCUT2D eigenvalue weighted by molar-refractivity contribution is 0.184. The van der Waals surface area contributed by atoms with Gasteiger partial charge in [0.2, 0.25) is 0 Å². The van der Waals surface area contributed by atoms with Crippen LogP contribution in [0.3, 0.4) is 0 Å². The third kappa shape index (κ3) is 4.17. The Hall–Kier alpha value is -3.69. The molecular formula is C24H15F3N2O. The third-order valence-electron chi connectivity index (χ3n) is 4.45. The zero-order valence-electron chi connectivity index (χ0n) is 15.9. The largest absolute Gasteiger partial charge is 0.380 e. The second-order valence-electron chi connectivity index (χ2n) is 6.62. The number of halogens is 3. The monoisotopic (exact) mass is 404 g/mol. The van der Waals surface area contributed by atoms with Crippen LogP contribution in [0.4, 0.5) is 13.2 Å². The van der Waals surface area contributed by atoms with E-state index in [0.717, 1.165) is 28.5 Å². The highest BCUT2D eigenvalue weighted by atomic mass is 19.1. The van der Waals surface area contributed by atoms with Crippen molar-refractivity contribution < 1.29 is 17.9 Å². The Kier molecular flexibility index (Phi) is 5.46. The van der Waals surface area contributed by atoms with Crippen LogP contribution in [-0.4, -0.2) is 17.1 Å². The molecule has 0 aliphatic rings. The summed E-state index contributed by atoms with van der Waals surface area (Å²) < 4.78 is 47.3. The SMILES string of the molecule is COCc1cnc(-c2cc(F)c(C#Cc3ccc4cc(F)ccc4c3)c(F)c2)nc1. The molecule has 0 spiro atoms. The van der Waals surface area contributed by atoms with Gasteiger partial charge in [-0.2, -0.15) is 0 Å². The number of nitrogens with zero attached hydrogens (tertiary/aromatic N) is 2. The van der Waals surface area contributed by atoms with Gasteiger partial charge in [0.15, 0.2) is 5.82 Å². The van der Waals surface area contributed by atoms with E-state index in [-0.39, 0.29) is 22.8 Å². The van der Waals surface area contributed by atoms with Crippen LogP contribution in [0.25, 0.3) is 22.2 Å². The van der Waals surface area contributed by atoms with Crippen molar-refractivity contribution in [1.82, 2.24) is 9.97 Å². The van der Waals surface area contributed by atoms with Crippen LogP contribution >= 0.6 is 0 Å². The predicted octanol–water partition coefficient (Wildman–Crippen LogP) is 5.26. The van der Waals surface area contributed by atoms with E-state index in [9.17, 15) is 13.2 Å². The van der Waals surface area contributed by atoms with E-state index in [1.165, 1.54) is 12.1 Å². The molecule has 1 heterocycles.